The summed E-state index contributed by atoms with van der Waals surface area (Å²) in [6, 6.07) is 3.88. The van der Waals surface area contributed by atoms with Gasteiger partial charge in [0, 0.05) is 52.0 Å². The number of hydrogen-bond acceptors (Lipinski definition) is 9. The third kappa shape index (κ3) is 8.56. The molecule has 0 aliphatic heterocycles. The molecule has 0 aromatic heterocycles. The quantitative estimate of drug-likeness (QED) is 0.113. The molecule has 5 aliphatic carbocycles. The minimum absolute atomic E-state index is 0. The maximum absolute atomic E-state index is 12.9. The number of allylic oxidation sites excluding steroid dienone is 1. The van der Waals surface area contributed by atoms with Gasteiger partial charge < -0.3 is 40.4 Å². The Bertz CT molecular complexity index is 1820. The molecule has 0 unspecified atom stereocenters. The molecular weight excluding hydrogens is 736 g/mol. The van der Waals surface area contributed by atoms with Crippen LogP contribution in [-0.2, 0) is 24.0 Å². The molecule has 13 heteroatoms. The zero-order valence-corrected chi connectivity index (χ0v) is 38.3. The van der Waals surface area contributed by atoms with Crippen molar-refractivity contribution in [2.75, 3.05) is 11.9 Å². The number of nitrogens with one attached hydrogen (secondary N) is 1. The van der Waals surface area contributed by atoms with Crippen LogP contribution in [0, 0.1) is 50.2 Å². The number of carboxylic acids is 3. The number of ketones is 1. The van der Waals surface area contributed by atoms with Crippen LogP contribution < -0.4 is 74.6 Å². The fourth-order valence-electron chi connectivity index (χ4n) is 11.8. The number of aliphatic carboxylic acids is 3. The van der Waals surface area contributed by atoms with Gasteiger partial charge in [-0.2, -0.15) is 0 Å². The van der Waals surface area contributed by atoms with E-state index >= 15 is 0 Å². The summed E-state index contributed by atoms with van der Waals surface area (Å²) in [5.74, 6) is -3.31. The first kappa shape index (κ1) is 48.1. The van der Waals surface area contributed by atoms with Crippen molar-refractivity contribution in [3.8, 4) is 5.75 Å². The molecule has 6 rings (SSSR count). The number of fused-ring (bicyclic) bond motifs is 7. The number of carbonyl (C=O) groups is 5. The van der Waals surface area contributed by atoms with Gasteiger partial charge in [-0.05, 0) is 122 Å². The van der Waals surface area contributed by atoms with E-state index in [4.69, 9.17) is 5.11 Å². The Balaban J connectivity index is 0.000000331. The van der Waals surface area contributed by atoms with Crippen molar-refractivity contribution >= 4 is 41.4 Å². The van der Waals surface area contributed by atoms with Gasteiger partial charge in [0.2, 0.25) is 5.91 Å². The number of carboxylic acid groups (broad SMARTS) is 3. The molecule has 0 saturated heterocycles. The second-order valence-corrected chi connectivity index (χ2v) is 18.3. The molecule has 4 saturated carbocycles. The molecule has 1 amide bonds. The van der Waals surface area contributed by atoms with Crippen LogP contribution in [0.2, 0.25) is 0 Å². The molecule has 0 radical (unpaired) electrons. The Morgan fingerprint density at radius 2 is 1.55 bits per heavy atom. The molecule has 1 aromatic carbocycles. The second kappa shape index (κ2) is 17.5. The van der Waals surface area contributed by atoms with Crippen molar-refractivity contribution in [1.29, 1.82) is 0 Å². The fourth-order valence-corrected chi connectivity index (χ4v) is 11.8. The fraction of sp³-hybridized carbons (Fsp3) is 0.605. The molecule has 7 atom stereocenters. The third-order valence-electron chi connectivity index (χ3n) is 14.8. The summed E-state index contributed by atoms with van der Waals surface area (Å²) >= 11 is 0. The van der Waals surface area contributed by atoms with Crippen LogP contribution in [0.3, 0.4) is 0 Å². The van der Waals surface area contributed by atoms with E-state index in [2.05, 4.69) is 52.9 Å². The number of Topliss-reactive ketones (excluding diaryl/α,β-unsaturated/α-hetero) is 1. The number of benzene rings is 1. The van der Waals surface area contributed by atoms with Gasteiger partial charge >= 0.3 is 65.1 Å². The monoisotopic (exact) mass is 791 g/mol. The van der Waals surface area contributed by atoms with E-state index in [1.807, 2.05) is 0 Å². The normalized spacial score (nSPS) is 33.7. The molecule has 0 heterocycles. The predicted molar refractivity (Wildman–Crippen MR) is 198 cm³/mol. The second-order valence-electron chi connectivity index (χ2n) is 18.3. The van der Waals surface area contributed by atoms with E-state index in [9.17, 15) is 44.4 Å². The number of phenolic OH excluding ortho intramolecular Hbond substituents is 1. The van der Waals surface area contributed by atoms with Gasteiger partial charge in [-0.1, -0.05) is 53.2 Å². The number of hydrogen-bond donors (Lipinski definition) is 4. The summed E-state index contributed by atoms with van der Waals surface area (Å²) in [5.41, 5.74) is 0.320. The van der Waals surface area contributed by atoms with Crippen LogP contribution in [-0.4, -0.2) is 51.5 Å². The predicted octanol–water partition coefficient (Wildman–Crippen LogP) is -1.18. The molecule has 294 valence electrons. The van der Waals surface area contributed by atoms with Crippen molar-refractivity contribution in [2.45, 2.75) is 106 Å². The number of amides is 1. The smallest absolute Gasteiger partial charge is 0.550 e. The summed E-state index contributed by atoms with van der Waals surface area (Å²) in [7, 11) is 0. The van der Waals surface area contributed by atoms with Crippen LogP contribution in [0.15, 0.2) is 48.1 Å². The van der Waals surface area contributed by atoms with Gasteiger partial charge in [0.25, 0.3) is 0 Å². The van der Waals surface area contributed by atoms with Gasteiger partial charge in [-0.25, -0.2) is 4.79 Å². The molecule has 1 aromatic rings. The van der Waals surface area contributed by atoms with E-state index in [-0.39, 0.29) is 116 Å². The number of carbonyl (C=O) groups excluding carboxylic acids is 4. The first-order valence-corrected chi connectivity index (χ1v) is 19.1. The van der Waals surface area contributed by atoms with Crippen molar-refractivity contribution < 1.29 is 109 Å². The van der Waals surface area contributed by atoms with E-state index in [0.29, 0.717) is 43.0 Å². The first-order valence-electron chi connectivity index (χ1n) is 19.1. The van der Waals surface area contributed by atoms with Gasteiger partial charge in [-0.3, -0.25) is 9.59 Å². The first-order chi connectivity index (χ1) is 25.1. The number of aliphatic hydroxyl groups is 1. The largest absolute Gasteiger partial charge is 1.00 e. The molecule has 56 heavy (non-hydrogen) atoms. The molecule has 4 N–H and O–H groups in total. The summed E-state index contributed by atoms with van der Waals surface area (Å²) in [6.07, 6.45) is 14.0. The van der Waals surface area contributed by atoms with Gasteiger partial charge in [0.05, 0.1) is 12.6 Å². The molecule has 4 fully saturated rings. The third-order valence-corrected chi connectivity index (χ3v) is 14.8. The van der Waals surface area contributed by atoms with Gasteiger partial charge in [0.1, 0.15) is 11.5 Å². The number of aromatic hydroxyl groups is 1. The Morgan fingerprint density at radius 1 is 0.893 bits per heavy atom. The van der Waals surface area contributed by atoms with Crippen LogP contribution >= 0.6 is 0 Å². The van der Waals surface area contributed by atoms with Crippen LogP contribution in [0.25, 0.3) is 6.08 Å². The van der Waals surface area contributed by atoms with E-state index in [0.717, 1.165) is 57.1 Å². The SMILES string of the molecule is CC1(C)CC[C@]2(C(=O)[O-])CC[C@]3(CO)C(=CC[C@@H]4[C@@]5(C)CCC(=O)C(C)(C)[C@@H]5CC[C@]43C)[C@@H]2C1.O=C([O-])/C=C/C(=O)Nc1ccc(O)cc1/C=C/C(=O)O.[Na+].[Na+]. The maximum atomic E-state index is 12.9. The van der Waals surface area contributed by atoms with E-state index in [1.54, 1.807) is 0 Å². The van der Waals surface area contributed by atoms with E-state index in [1.165, 1.54) is 29.8 Å². The molecule has 0 bridgehead atoms. The topological polar surface area (TPSA) is 204 Å². The van der Waals surface area contributed by atoms with Crippen LogP contribution in [0.4, 0.5) is 5.69 Å². The summed E-state index contributed by atoms with van der Waals surface area (Å²) in [6.45, 7) is 13.8. The standard InChI is InChI=1S/C30H46O4.C13H11NO6.2Na/c1-25(2)13-14-29(24(33)34)15-16-30(18-31)19(20(29)17-25)7-8-22-27(5)11-10-23(32)26(3,4)21(27)9-12-28(22,30)6;15-9-2-3-10(8(7-9)1-5-12(17)18)14-11(16)4-6-13(19)20;;/h7,20-22,31H,8-18H2,1-6H3,(H,33,34);1-7,15H,(H,14,16)(H,17,18)(H,19,20);;/q;;2*+1/p-2/b;5-1+,6-4+;;/t20-,21-,22+,27-,28+,29-,30-;;;/m0.../s1. The Morgan fingerprint density at radius 3 is 2.16 bits per heavy atom. The number of phenols is 1. The zero-order chi connectivity index (χ0) is 40.1. The summed E-state index contributed by atoms with van der Waals surface area (Å²) in [5, 5.41) is 54.2. The Kier molecular flexibility index (Phi) is 15.1. The average molecular weight is 792 g/mol. The Labute approximate surface area is 374 Å². The molecular formula is C43H55NNa2O10. The van der Waals surface area contributed by atoms with Crippen molar-refractivity contribution in [1.82, 2.24) is 0 Å². The zero-order valence-electron chi connectivity index (χ0n) is 34.3. The maximum Gasteiger partial charge on any atom is 1.00 e. The van der Waals surface area contributed by atoms with Gasteiger partial charge in [-0.15, -0.1) is 0 Å². The summed E-state index contributed by atoms with van der Waals surface area (Å²) in [4.78, 5) is 57.6. The van der Waals surface area contributed by atoms with Crippen molar-refractivity contribution in [2.24, 2.45) is 50.2 Å². The minimum Gasteiger partial charge on any atom is -0.550 e. The average Bonchev–Trinajstić information content (AvgIpc) is 3.08. The van der Waals surface area contributed by atoms with E-state index < -0.39 is 29.2 Å². The number of aliphatic hydroxyl groups excluding tert-OH is 1. The van der Waals surface area contributed by atoms with Crippen molar-refractivity contribution in [3.63, 3.8) is 0 Å². The minimum atomic E-state index is -1.52. The molecule has 5 aliphatic rings. The van der Waals surface area contributed by atoms with Crippen molar-refractivity contribution in [3.05, 3.63) is 53.6 Å². The number of anilines is 1. The summed E-state index contributed by atoms with van der Waals surface area (Å²) < 4.78 is 0. The van der Waals surface area contributed by atoms with Crippen LogP contribution in [0.5, 0.6) is 5.75 Å². The molecule has 11 nitrogen and oxygen atoms in total. The van der Waals surface area contributed by atoms with Crippen LogP contribution in [0.1, 0.15) is 111 Å². The van der Waals surface area contributed by atoms with Gasteiger partial charge in [0.15, 0.2) is 0 Å². The molecule has 0 spiro atoms. The number of rotatable bonds is 7. The Hall–Kier alpha value is -2.25.